The van der Waals surface area contributed by atoms with E-state index in [-0.39, 0.29) is 22.8 Å². The van der Waals surface area contributed by atoms with Gasteiger partial charge in [-0.25, -0.2) is 13.1 Å². The van der Waals surface area contributed by atoms with E-state index in [0.29, 0.717) is 17.9 Å². The van der Waals surface area contributed by atoms with Gasteiger partial charge in [-0.2, -0.15) is 5.26 Å². The fourth-order valence-corrected chi connectivity index (χ4v) is 3.97. The van der Waals surface area contributed by atoms with Crippen molar-refractivity contribution in [2.24, 2.45) is 0 Å². The number of nitriles is 1. The van der Waals surface area contributed by atoms with Crippen LogP contribution < -0.4 is 19.5 Å². The molecule has 0 aliphatic rings. The van der Waals surface area contributed by atoms with Crippen LogP contribution in [0.3, 0.4) is 0 Å². The van der Waals surface area contributed by atoms with Crippen LogP contribution in [0.4, 0.5) is 5.69 Å². The van der Waals surface area contributed by atoms with Gasteiger partial charge >= 0.3 is 0 Å². The number of anilines is 1. The molecular weight excluding hydrogens is 442 g/mol. The molecule has 0 unspecified atom stereocenters. The van der Waals surface area contributed by atoms with E-state index < -0.39 is 15.9 Å². The molecule has 33 heavy (non-hydrogen) atoms. The van der Waals surface area contributed by atoms with Gasteiger partial charge in [0.25, 0.3) is 5.91 Å². The average molecular weight is 466 g/mol. The Morgan fingerprint density at radius 1 is 1.06 bits per heavy atom. The Morgan fingerprint density at radius 2 is 1.79 bits per heavy atom. The summed E-state index contributed by atoms with van der Waals surface area (Å²) in [6, 6.07) is 20.7. The van der Waals surface area contributed by atoms with Crippen molar-refractivity contribution in [3.8, 4) is 17.6 Å². The van der Waals surface area contributed by atoms with Crippen molar-refractivity contribution in [1.29, 1.82) is 5.26 Å². The summed E-state index contributed by atoms with van der Waals surface area (Å²) < 4.78 is 37.7. The van der Waals surface area contributed by atoms with E-state index in [4.69, 9.17) is 14.7 Å². The van der Waals surface area contributed by atoms with Crippen LogP contribution in [0.25, 0.3) is 0 Å². The first-order chi connectivity index (χ1) is 15.9. The second kappa shape index (κ2) is 10.6. The van der Waals surface area contributed by atoms with Crippen LogP contribution in [0.15, 0.2) is 71.6 Å². The fraction of sp³-hybridized carbons (Fsp3) is 0.167. The summed E-state index contributed by atoms with van der Waals surface area (Å²) in [5.41, 5.74) is 2.34. The Bertz CT molecular complexity index is 1280. The second-order valence-electron chi connectivity index (χ2n) is 6.95. The van der Waals surface area contributed by atoms with Crippen molar-refractivity contribution >= 4 is 21.6 Å². The number of nitrogens with one attached hydrogen (secondary N) is 2. The number of hydrogen-bond donors (Lipinski definition) is 2. The molecule has 0 aliphatic heterocycles. The van der Waals surface area contributed by atoms with E-state index in [9.17, 15) is 13.2 Å². The van der Waals surface area contributed by atoms with Crippen molar-refractivity contribution in [1.82, 2.24) is 4.72 Å². The quantitative estimate of drug-likeness (QED) is 0.499. The molecular formula is C24H23N3O5S. The molecule has 3 rings (SSSR count). The number of rotatable bonds is 9. The standard InChI is InChI=1S/C24H23N3O5S/c1-26-33(29,30)23-15-18(9-12-22(23)31-2)24(28)27-21-6-4-3-5-19(21)16-32-20-10-7-17(8-11-20)13-14-25/h3-12,15,26H,13,16H2,1-2H3,(H,27,28). The first-order valence-corrected chi connectivity index (χ1v) is 11.5. The number of sulfonamides is 1. The Hall–Kier alpha value is -3.87. The van der Waals surface area contributed by atoms with Crippen LogP contribution in [0.2, 0.25) is 0 Å². The maximum Gasteiger partial charge on any atom is 0.255 e. The molecule has 0 atom stereocenters. The molecule has 3 aromatic rings. The van der Waals surface area contributed by atoms with Gasteiger partial charge in [-0.3, -0.25) is 4.79 Å². The van der Waals surface area contributed by atoms with Gasteiger partial charge < -0.3 is 14.8 Å². The van der Waals surface area contributed by atoms with Crippen molar-refractivity contribution in [3.05, 3.63) is 83.4 Å². The third-order valence-electron chi connectivity index (χ3n) is 4.85. The highest BCUT2D eigenvalue weighted by Gasteiger charge is 2.20. The number of hydrogen-bond acceptors (Lipinski definition) is 6. The molecule has 0 saturated heterocycles. The number of amides is 1. The van der Waals surface area contributed by atoms with Crippen molar-refractivity contribution in [2.75, 3.05) is 19.5 Å². The number of para-hydroxylation sites is 1. The minimum Gasteiger partial charge on any atom is -0.495 e. The van der Waals surface area contributed by atoms with Gasteiger partial charge in [0.2, 0.25) is 10.0 Å². The van der Waals surface area contributed by atoms with Gasteiger partial charge in [-0.15, -0.1) is 0 Å². The number of nitrogens with zero attached hydrogens (tertiary/aromatic N) is 1. The Labute approximate surface area is 192 Å². The highest BCUT2D eigenvalue weighted by molar-refractivity contribution is 7.89. The Morgan fingerprint density at radius 3 is 2.45 bits per heavy atom. The molecule has 0 heterocycles. The van der Waals surface area contributed by atoms with Crippen LogP contribution in [0.5, 0.6) is 11.5 Å². The van der Waals surface area contributed by atoms with Crippen molar-refractivity contribution in [2.45, 2.75) is 17.9 Å². The summed E-state index contributed by atoms with van der Waals surface area (Å²) in [7, 11) is -1.17. The minimum atomic E-state index is -3.82. The summed E-state index contributed by atoms with van der Waals surface area (Å²) in [5, 5.41) is 11.6. The maximum atomic E-state index is 12.9. The number of benzene rings is 3. The molecule has 0 spiro atoms. The molecule has 0 radical (unpaired) electrons. The van der Waals surface area contributed by atoms with Gasteiger partial charge in [0.05, 0.1) is 19.6 Å². The molecule has 0 saturated carbocycles. The molecule has 170 valence electrons. The fourth-order valence-electron chi connectivity index (χ4n) is 3.06. The molecule has 0 fully saturated rings. The topological polar surface area (TPSA) is 118 Å². The summed E-state index contributed by atoms with van der Waals surface area (Å²) in [6.07, 6.45) is 0.331. The van der Waals surface area contributed by atoms with Gasteiger partial charge in [0.1, 0.15) is 23.0 Å². The van der Waals surface area contributed by atoms with E-state index in [2.05, 4.69) is 16.1 Å². The molecule has 0 bridgehead atoms. The third kappa shape index (κ3) is 5.88. The summed E-state index contributed by atoms with van der Waals surface area (Å²) in [6.45, 7) is 0.204. The van der Waals surface area contributed by atoms with Gasteiger partial charge in [-0.05, 0) is 49.0 Å². The van der Waals surface area contributed by atoms with E-state index in [0.717, 1.165) is 11.1 Å². The zero-order chi connectivity index (χ0) is 23.8. The zero-order valence-electron chi connectivity index (χ0n) is 18.2. The summed E-state index contributed by atoms with van der Waals surface area (Å²) >= 11 is 0. The normalized spacial score (nSPS) is 10.8. The molecule has 8 nitrogen and oxygen atoms in total. The van der Waals surface area contributed by atoms with E-state index in [1.165, 1.54) is 32.4 Å². The number of carbonyl (C=O) groups excluding carboxylic acids is 1. The van der Waals surface area contributed by atoms with Crippen LogP contribution in [-0.4, -0.2) is 28.5 Å². The summed E-state index contributed by atoms with van der Waals surface area (Å²) in [4.78, 5) is 12.7. The molecule has 0 aliphatic carbocycles. The van der Waals surface area contributed by atoms with Gasteiger partial charge in [0, 0.05) is 16.8 Å². The predicted molar refractivity (Wildman–Crippen MR) is 124 cm³/mol. The lowest BCUT2D eigenvalue weighted by atomic mass is 10.1. The highest BCUT2D eigenvalue weighted by Crippen LogP contribution is 2.26. The van der Waals surface area contributed by atoms with Crippen LogP contribution in [0, 0.1) is 11.3 Å². The maximum absolute atomic E-state index is 12.9. The monoisotopic (exact) mass is 465 g/mol. The summed E-state index contributed by atoms with van der Waals surface area (Å²) in [5.74, 6) is 0.295. The van der Waals surface area contributed by atoms with Crippen LogP contribution >= 0.6 is 0 Å². The predicted octanol–water partition coefficient (Wildman–Crippen LogP) is 3.50. The van der Waals surface area contributed by atoms with E-state index in [1.54, 1.807) is 24.3 Å². The van der Waals surface area contributed by atoms with E-state index >= 15 is 0 Å². The Balaban J connectivity index is 1.77. The van der Waals surface area contributed by atoms with Crippen LogP contribution in [0.1, 0.15) is 21.5 Å². The Kier molecular flexibility index (Phi) is 7.66. The SMILES string of the molecule is CNS(=O)(=O)c1cc(C(=O)Nc2ccccc2COc2ccc(CC#N)cc2)ccc1OC. The van der Waals surface area contributed by atoms with Crippen LogP contribution in [-0.2, 0) is 23.1 Å². The van der Waals surface area contributed by atoms with Crippen molar-refractivity contribution < 1.29 is 22.7 Å². The minimum absolute atomic E-state index is 0.128. The molecule has 2 N–H and O–H groups in total. The van der Waals surface area contributed by atoms with Crippen molar-refractivity contribution in [3.63, 3.8) is 0 Å². The number of carbonyl (C=O) groups is 1. The molecule has 0 aromatic heterocycles. The molecule has 9 heteroatoms. The molecule has 3 aromatic carbocycles. The third-order valence-corrected chi connectivity index (χ3v) is 6.29. The van der Waals surface area contributed by atoms with E-state index in [1.807, 2.05) is 24.3 Å². The van der Waals surface area contributed by atoms with Gasteiger partial charge in [0.15, 0.2) is 0 Å². The lowest BCUT2D eigenvalue weighted by Gasteiger charge is -2.14. The largest absolute Gasteiger partial charge is 0.495 e. The zero-order valence-corrected chi connectivity index (χ0v) is 19.0. The van der Waals surface area contributed by atoms with Gasteiger partial charge in [-0.1, -0.05) is 30.3 Å². The lowest BCUT2D eigenvalue weighted by Crippen LogP contribution is -2.21. The molecule has 1 amide bonds. The highest BCUT2D eigenvalue weighted by atomic mass is 32.2. The smallest absolute Gasteiger partial charge is 0.255 e. The second-order valence-corrected chi connectivity index (χ2v) is 8.81. The number of ether oxygens (including phenoxy) is 2. The first-order valence-electron chi connectivity index (χ1n) is 9.97. The average Bonchev–Trinajstić information content (AvgIpc) is 2.84. The first kappa shape index (κ1) is 23.8. The number of methoxy groups -OCH3 is 1. The lowest BCUT2D eigenvalue weighted by molar-refractivity contribution is 0.102.